The fourth-order valence-electron chi connectivity index (χ4n) is 2.82. The van der Waals surface area contributed by atoms with Crippen molar-refractivity contribution in [2.24, 2.45) is 4.99 Å². The molecule has 166 valence electrons. The van der Waals surface area contributed by atoms with Gasteiger partial charge in [-0.25, -0.2) is 0 Å². The van der Waals surface area contributed by atoms with Crippen molar-refractivity contribution in [1.82, 2.24) is 25.8 Å². The zero-order valence-corrected chi connectivity index (χ0v) is 20.2. The minimum atomic E-state index is 0. The lowest BCUT2D eigenvalue weighted by atomic mass is 10.1. The number of hydrogen-bond acceptors (Lipinski definition) is 6. The summed E-state index contributed by atoms with van der Waals surface area (Å²) in [6.07, 6.45) is 3.30. The van der Waals surface area contributed by atoms with E-state index < -0.39 is 0 Å². The fourth-order valence-corrected chi connectivity index (χ4v) is 2.82. The summed E-state index contributed by atoms with van der Waals surface area (Å²) in [6, 6.07) is 15.8. The first-order chi connectivity index (χ1) is 14.8. The lowest BCUT2D eigenvalue weighted by molar-refractivity contribution is 0.0646. The topological polar surface area (TPSA) is 97.5 Å². The lowest BCUT2D eigenvalue weighted by Gasteiger charge is -2.14. The van der Waals surface area contributed by atoms with Gasteiger partial charge in [0.05, 0.1) is 6.10 Å². The second kappa shape index (κ2) is 13.7. The number of aliphatic imine (C=N–C) groups is 1. The molecule has 8 nitrogen and oxygen atoms in total. The molecule has 1 aromatic carbocycles. The van der Waals surface area contributed by atoms with Crippen molar-refractivity contribution >= 4 is 29.9 Å². The molecule has 0 amide bonds. The van der Waals surface area contributed by atoms with E-state index in [4.69, 9.17) is 9.26 Å². The van der Waals surface area contributed by atoms with E-state index >= 15 is 0 Å². The van der Waals surface area contributed by atoms with E-state index in [9.17, 15) is 0 Å². The number of halogens is 1. The molecule has 1 unspecified atom stereocenters. The molecule has 31 heavy (non-hydrogen) atoms. The molecular weight excluding hydrogens is 507 g/mol. The quantitative estimate of drug-likeness (QED) is 0.177. The number of guanidine groups is 1. The first kappa shape index (κ1) is 24.7. The summed E-state index contributed by atoms with van der Waals surface area (Å²) in [7, 11) is 1.75. The van der Waals surface area contributed by atoms with Gasteiger partial charge < -0.3 is 19.9 Å². The third-order valence-electron chi connectivity index (χ3n) is 4.47. The van der Waals surface area contributed by atoms with Gasteiger partial charge >= 0.3 is 0 Å². The molecule has 2 heterocycles. The van der Waals surface area contributed by atoms with E-state index in [1.807, 2.05) is 36.4 Å². The minimum Gasteiger partial charge on any atom is -0.374 e. The van der Waals surface area contributed by atoms with Gasteiger partial charge in [-0.05, 0) is 31.0 Å². The molecule has 3 rings (SSSR count). The van der Waals surface area contributed by atoms with Gasteiger partial charge in [-0.2, -0.15) is 4.98 Å². The van der Waals surface area contributed by atoms with E-state index in [0.29, 0.717) is 37.0 Å². The fraction of sp³-hybridized carbons (Fsp3) is 0.364. The highest BCUT2D eigenvalue weighted by atomic mass is 127. The van der Waals surface area contributed by atoms with Gasteiger partial charge in [0.15, 0.2) is 11.8 Å². The van der Waals surface area contributed by atoms with Gasteiger partial charge in [0.1, 0.15) is 5.69 Å². The third-order valence-corrected chi connectivity index (χ3v) is 4.47. The van der Waals surface area contributed by atoms with Crippen molar-refractivity contribution in [1.29, 1.82) is 0 Å². The summed E-state index contributed by atoms with van der Waals surface area (Å²) in [5.74, 6) is 1.79. The van der Waals surface area contributed by atoms with Crippen molar-refractivity contribution in [3.63, 3.8) is 0 Å². The molecule has 0 radical (unpaired) electrons. The highest BCUT2D eigenvalue weighted by Crippen LogP contribution is 2.15. The maximum atomic E-state index is 5.89. The molecule has 0 spiro atoms. The van der Waals surface area contributed by atoms with Crippen LogP contribution in [0.15, 0.2) is 64.2 Å². The van der Waals surface area contributed by atoms with Crippen LogP contribution in [-0.4, -0.2) is 47.8 Å². The van der Waals surface area contributed by atoms with Crippen molar-refractivity contribution in [3.05, 3.63) is 66.1 Å². The SMILES string of the molecule is CN=C(NCCCOC(C)c1ccccc1)NCCc1noc(-c2ccccn2)n1.I. The Balaban J connectivity index is 0.00000341. The van der Waals surface area contributed by atoms with Crippen LogP contribution in [0, 0.1) is 0 Å². The van der Waals surface area contributed by atoms with Crippen LogP contribution < -0.4 is 10.6 Å². The summed E-state index contributed by atoms with van der Waals surface area (Å²) in [5.41, 5.74) is 1.86. The molecule has 0 bridgehead atoms. The molecular formula is C22H29IN6O2. The van der Waals surface area contributed by atoms with Gasteiger partial charge in [-0.3, -0.25) is 9.98 Å². The Hall–Kier alpha value is -2.53. The Morgan fingerprint density at radius 3 is 2.61 bits per heavy atom. The normalized spacial score (nSPS) is 12.1. The number of ether oxygens (including phenoxy) is 1. The molecule has 2 aromatic heterocycles. The summed E-state index contributed by atoms with van der Waals surface area (Å²) in [5, 5.41) is 10.5. The van der Waals surface area contributed by atoms with Crippen LogP contribution in [0.3, 0.4) is 0 Å². The maximum absolute atomic E-state index is 5.89. The number of nitrogens with zero attached hydrogens (tertiary/aromatic N) is 4. The monoisotopic (exact) mass is 536 g/mol. The molecule has 3 aromatic rings. The smallest absolute Gasteiger partial charge is 0.276 e. The molecule has 0 aliphatic carbocycles. The zero-order valence-electron chi connectivity index (χ0n) is 17.8. The van der Waals surface area contributed by atoms with Crippen molar-refractivity contribution in [2.45, 2.75) is 25.9 Å². The van der Waals surface area contributed by atoms with Crippen molar-refractivity contribution in [2.75, 3.05) is 26.7 Å². The van der Waals surface area contributed by atoms with Crippen molar-refractivity contribution < 1.29 is 9.26 Å². The van der Waals surface area contributed by atoms with Gasteiger partial charge in [0, 0.05) is 39.4 Å². The third kappa shape index (κ3) is 8.25. The number of pyridine rings is 1. The van der Waals surface area contributed by atoms with Gasteiger partial charge in [0.25, 0.3) is 5.89 Å². The number of rotatable bonds is 10. The Morgan fingerprint density at radius 1 is 1.10 bits per heavy atom. The number of hydrogen-bond donors (Lipinski definition) is 2. The first-order valence-corrected chi connectivity index (χ1v) is 10.1. The molecule has 0 saturated heterocycles. The molecule has 1 atom stereocenters. The zero-order chi connectivity index (χ0) is 21.0. The second-order valence-corrected chi connectivity index (χ2v) is 6.68. The first-order valence-electron chi connectivity index (χ1n) is 10.1. The van der Waals surface area contributed by atoms with Crippen LogP contribution in [0.5, 0.6) is 0 Å². The van der Waals surface area contributed by atoms with Crippen LogP contribution in [0.1, 0.15) is 30.8 Å². The maximum Gasteiger partial charge on any atom is 0.276 e. The lowest BCUT2D eigenvalue weighted by Crippen LogP contribution is -2.39. The average Bonchev–Trinajstić information content (AvgIpc) is 3.27. The minimum absolute atomic E-state index is 0. The Labute approximate surface area is 199 Å². The summed E-state index contributed by atoms with van der Waals surface area (Å²) in [4.78, 5) is 12.8. The summed E-state index contributed by atoms with van der Waals surface area (Å²) in [6.45, 7) is 4.16. The van der Waals surface area contributed by atoms with Crippen LogP contribution in [0.2, 0.25) is 0 Å². The van der Waals surface area contributed by atoms with E-state index in [0.717, 1.165) is 18.9 Å². The standard InChI is InChI=1S/C22H28N6O2.HI/c1-17(18-9-4-3-5-10-18)29-16-8-14-25-22(23-2)26-15-12-20-27-21(30-28-20)19-11-6-7-13-24-19;/h3-7,9-11,13,17H,8,12,14-16H2,1-2H3,(H2,23,25,26);1H. The molecule has 0 fully saturated rings. The van der Waals surface area contributed by atoms with E-state index in [-0.39, 0.29) is 30.1 Å². The van der Waals surface area contributed by atoms with E-state index in [1.165, 1.54) is 5.56 Å². The van der Waals surface area contributed by atoms with Gasteiger partial charge in [-0.1, -0.05) is 41.6 Å². The van der Waals surface area contributed by atoms with Crippen LogP contribution in [0.25, 0.3) is 11.6 Å². The van der Waals surface area contributed by atoms with E-state index in [2.05, 4.69) is 49.8 Å². The summed E-state index contributed by atoms with van der Waals surface area (Å²) < 4.78 is 11.2. The van der Waals surface area contributed by atoms with Gasteiger partial charge in [-0.15, -0.1) is 24.0 Å². The van der Waals surface area contributed by atoms with E-state index in [1.54, 1.807) is 13.2 Å². The number of nitrogens with one attached hydrogen (secondary N) is 2. The Kier molecular flexibility index (Phi) is 10.9. The van der Waals surface area contributed by atoms with Gasteiger partial charge in [0.2, 0.25) is 0 Å². The molecule has 0 aliphatic rings. The molecule has 0 saturated carbocycles. The predicted octanol–water partition coefficient (Wildman–Crippen LogP) is 3.63. The number of benzene rings is 1. The average molecular weight is 536 g/mol. The van der Waals surface area contributed by atoms with Crippen molar-refractivity contribution in [3.8, 4) is 11.6 Å². The summed E-state index contributed by atoms with van der Waals surface area (Å²) >= 11 is 0. The Morgan fingerprint density at radius 2 is 1.87 bits per heavy atom. The molecule has 2 N–H and O–H groups in total. The molecule has 9 heteroatoms. The van der Waals surface area contributed by atoms with Crippen LogP contribution in [0.4, 0.5) is 0 Å². The largest absolute Gasteiger partial charge is 0.374 e. The molecule has 0 aliphatic heterocycles. The highest BCUT2D eigenvalue weighted by molar-refractivity contribution is 14.0. The second-order valence-electron chi connectivity index (χ2n) is 6.68. The predicted molar refractivity (Wildman–Crippen MR) is 131 cm³/mol. The Bertz CT molecular complexity index is 905. The van der Waals surface area contributed by atoms with Crippen LogP contribution in [-0.2, 0) is 11.2 Å². The highest BCUT2D eigenvalue weighted by Gasteiger charge is 2.09. The number of aromatic nitrogens is 3. The van der Waals surface area contributed by atoms with Crippen LogP contribution >= 0.6 is 24.0 Å².